The second-order valence-electron chi connectivity index (χ2n) is 5.96. The molecule has 1 saturated heterocycles. The molecule has 0 spiro atoms. The van der Waals surface area contributed by atoms with Crippen LogP contribution < -0.4 is 10.2 Å². The Bertz CT molecular complexity index is 510. The fourth-order valence-electron chi connectivity index (χ4n) is 2.76. The van der Waals surface area contributed by atoms with Crippen molar-refractivity contribution in [3.63, 3.8) is 0 Å². The van der Waals surface area contributed by atoms with Crippen molar-refractivity contribution in [2.45, 2.75) is 31.8 Å². The number of rotatable bonds is 4. The highest BCUT2D eigenvalue weighted by molar-refractivity contribution is 6.30. The molecule has 21 heavy (non-hydrogen) atoms. The summed E-state index contributed by atoms with van der Waals surface area (Å²) in [7, 11) is 0. The second-order valence-corrected chi connectivity index (χ2v) is 6.40. The standard InChI is InChI=1S/C16H22ClN3O/c1-12(16(21)18-14-5-6-14)19-7-9-20(10-8-19)15-4-2-3-13(17)11-15/h2-4,11-12,14H,5-10H2,1H3,(H,18,21). The minimum absolute atomic E-state index is 0.0351. The van der Waals surface area contributed by atoms with Crippen LogP contribution in [0, 0.1) is 0 Å². The van der Waals surface area contributed by atoms with Gasteiger partial charge in [0.2, 0.25) is 5.91 Å². The van der Waals surface area contributed by atoms with Crippen molar-refractivity contribution < 1.29 is 4.79 Å². The number of carbonyl (C=O) groups excluding carboxylic acids is 1. The van der Waals surface area contributed by atoms with Gasteiger partial charge in [-0.2, -0.15) is 0 Å². The van der Waals surface area contributed by atoms with Crippen LogP contribution in [0.3, 0.4) is 0 Å². The number of halogens is 1. The lowest BCUT2D eigenvalue weighted by Gasteiger charge is -2.38. The maximum absolute atomic E-state index is 12.1. The molecule has 0 bridgehead atoms. The van der Waals surface area contributed by atoms with Crippen molar-refractivity contribution in [2.24, 2.45) is 0 Å². The zero-order valence-corrected chi connectivity index (χ0v) is 13.1. The first kappa shape index (κ1) is 14.7. The predicted molar refractivity (Wildman–Crippen MR) is 85.9 cm³/mol. The summed E-state index contributed by atoms with van der Waals surface area (Å²) in [5.41, 5.74) is 1.16. The fourth-order valence-corrected chi connectivity index (χ4v) is 2.94. The van der Waals surface area contributed by atoms with E-state index < -0.39 is 0 Å². The molecule has 1 heterocycles. The van der Waals surface area contributed by atoms with E-state index in [1.807, 2.05) is 25.1 Å². The molecular weight excluding hydrogens is 286 g/mol. The van der Waals surface area contributed by atoms with Gasteiger partial charge in [-0.25, -0.2) is 0 Å². The number of amides is 1. The monoisotopic (exact) mass is 307 g/mol. The van der Waals surface area contributed by atoms with Crippen LogP contribution >= 0.6 is 11.6 Å². The van der Waals surface area contributed by atoms with Gasteiger partial charge in [0.1, 0.15) is 0 Å². The van der Waals surface area contributed by atoms with E-state index in [2.05, 4.69) is 21.2 Å². The molecule has 1 saturated carbocycles. The topological polar surface area (TPSA) is 35.6 Å². The van der Waals surface area contributed by atoms with Crippen LogP contribution in [0.2, 0.25) is 5.02 Å². The van der Waals surface area contributed by atoms with Crippen LogP contribution in [0.25, 0.3) is 0 Å². The normalized spacial score (nSPS) is 21.1. The third-order valence-corrected chi connectivity index (χ3v) is 4.57. The molecule has 1 aliphatic heterocycles. The Morgan fingerprint density at radius 3 is 2.62 bits per heavy atom. The largest absolute Gasteiger partial charge is 0.369 e. The Morgan fingerprint density at radius 1 is 1.29 bits per heavy atom. The maximum Gasteiger partial charge on any atom is 0.237 e. The summed E-state index contributed by atoms with van der Waals surface area (Å²) in [4.78, 5) is 16.7. The third kappa shape index (κ3) is 3.69. The second kappa shape index (κ2) is 6.24. The molecule has 114 valence electrons. The Morgan fingerprint density at radius 2 is 2.00 bits per heavy atom. The van der Waals surface area contributed by atoms with Gasteiger partial charge in [0.05, 0.1) is 6.04 Å². The predicted octanol–water partition coefficient (Wildman–Crippen LogP) is 2.13. The van der Waals surface area contributed by atoms with E-state index in [1.54, 1.807) is 0 Å². The summed E-state index contributed by atoms with van der Waals surface area (Å²) in [6, 6.07) is 8.37. The lowest BCUT2D eigenvalue weighted by atomic mass is 10.2. The van der Waals surface area contributed by atoms with Gasteiger partial charge in [-0.3, -0.25) is 9.69 Å². The lowest BCUT2D eigenvalue weighted by molar-refractivity contribution is -0.126. The quantitative estimate of drug-likeness (QED) is 0.925. The molecule has 1 aliphatic carbocycles. The first-order valence-electron chi connectivity index (χ1n) is 7.68. The van der Waals surface area contributed by atoms with E-state index in [1.165, 1.54) is 0 Å². The number of nitrogens with zero attached hydrogens (tertiary/aromatic N) is 2. The highest BCUT2D eigenvalue weighted by atomic mass is 35.5. The zero-order chi connectivity index (χ0) is 14.8. The Labute approximate surface area is 131 Å². The van der Waals surface area contributed by atoms with Gasteiger partial charge in [-0.05, 0) is 38.0 Å². The highest BCUT2D eigenvalue weighted by Gasteiger charge is 2.29. The van der Waals surface area contributed by atoms with Gasteiger partial charge in [0.25, 0.3) is 0 Å². The number of hydrogen-bond donors (Lipinski definition) is 1. The van der Waals surface area contributed by atoms with Crippen LogP contribution in [-0.4, -0.2) is 49.1 Å². The number of benzene rings is 1. The van der Waals surface area contributed by atoms with E-state index in [-0.39, 0.29) is 11.9 Å². The minimum Gasteiger partial charge on any atom is -0.369 e. The fraction of sp³-hybridized carbons (Fsp3) is 0.562. The number of hydrogen-bond acceptors (Lipinski definition) is 3. The molecule has 2 fully saturated rings. The first-order valence-corrected chi connectivity index (χ1v) is 8.06. The van der Waals surface area contributed by atoms with E-state index in [4.69, 9.17) is 11.6 Å². The lowest BCUT2D eigenvalue weighted by Crippen LogP contribution is -2.54. The van der Waals surface area contributed by atoms with Crippen LogP contribution in [0.1, 0.15) is 19.8 Å². The highest BCUT2D eigenvalue weighted by Crippen LogP contribution is 2.22. The molecule has 1 aromatic rings. The molecular formula is C16H22ClN3O. The van der Waals surface area contributed by atoms with Crippen LogP contribution in [0.5, 0.6) is 0 Å². The molecule has 1 N–H and O–H groups in total. The van der Waals surface area contributed by atoms with Gasteiger partial charge in [0, 0.05) is 42.9 Å². The van der Waals surface area contributed by atoms with E-state index in [0.717, 1.165) is 49.7 Å². The molecule has 1 aromatic carbocycles. The molecule has 3 rings (SSSR count). The summed E-state index contributed by atoms with van der Waals surface area (Å²) in [5, 5.41) is 3.86. The maximum atomic E-state index is 12.1. The molecule has 2 aliphatic rings. The Hall–Kier alpha value is -1.26. The van der Waals surface area contributed by atoms with Gasteiger partial charge in [-0.1, -0.05) is 17.7 Å². The smallest absolute Gasteiger partial charge is 0.237 e. The van der Waals surface area contributed by atoms with Crippen molar-refractivity contribution in [3.05, 3.63) is 29.3 Å². The van der Waals surface area contributed by atoms with Gasteiger partial charge < -0.3 is 10.2 Å². The Balaban J connectivity index is 1.53. The first-order chi connectivity index (χ1) is 10.1. The number of nitrogens with one attached hydrogen (secondary N) is 1. The molecule has 1 amide bonds. The van der Waals surface area contributed by atoms with Crippen molar-refractivity contribution in [3.8, 4) is 0 Å². The average molecular weight is 308 g/mol. The average Bonchev–Trinajstić information content (AvgIpc) is 3.30. The molecule has 0 aromatic heterocycles. The van der Waals surface area contributed by atoms with Gasteiger partial charge >= 0.3 is 0 Å². The van der Waals surface area contributed by atoms with Gasteiger partial charge in [0.15, 0.2) is 0 Å². The van der Waals surface area contributed by atoms with Crippen LogP contribution in [-0.2, 0) is 4.79 Å². The SMILES string of the molecule is CC(C(=O)NC1CC1)N1CCN(c2cccc(Cl)c2)CC1. The van der Waals surface area contributed by atoms with Crippen molar-refractivity contribution in [1.29, 1.82) is 0 Å². The number of piperazine rings is 1. The minimum atomic E-state index is -0.0351. The zero-order valence-electron chi connectivity index (χ0n) is 12.4. The van der Waals surface area contributed by atoms with E-state index >= 15 is 0 Å². The Kier molecular flexibility index (Phi) is 4.36. The van der Waals surface area contributed by atoms with Crippen molar-refractivity contribution in [1.82, 2.24) is 10.2 Å². The summed E-state index contributed by atoms with van der Waals surface area (Å²) in [6.07, 6.45) is 2.28. The van der Waals surface area contributed by atoms with E-state index in [9.17, 15) is 4.79 Å². The van der Waals surface area contributed by atoms with Crippen LogP contribution in [0.4, 0.5) is 5.69 Å². The molecule has 1 unspecified atom stereocenters. The van der Waals surface area contributed by atoms with Gasteiger partial charge in [-0.15, -0.1) is 0 Å². The van der Waals surface area contributed by atoms with Crippen molar-refractivity contribution >= 4 is 23.2 Å². The third-order valence-electron chi connectivity index (χ3n) is 4.34. The molecule has 4 nitrogen and oxygen atoms in total. The van der Waals surface area contributed by atoms with E-state index in [0.29, 0.717) is 6.04 Å². The molecule has 5 heteroatoms. The summed E-state index contributed by atoms with van der Waals surface area (Å²) in [5.74, 6) is 0.175. The summed E-state index contributed by atoms with van der Waals surface area (Å²) < 4.78 is 0. The number of anilines is 1. The van der Waals surface area contributed by atoms with Crippen LogP contribution in [0.15, 0.2) is 24.3 Å². The molecule has 1 atom stereocenters. The summed E-state index contributed by atoms with van der Waals surface area (Å²) >= 11 is 6.05. The number of carbonyl (C=O) groups is 1. The molecule has 0 radical (unpaired) electrons. The summed E-state index contributed by atoms with van der Waals surface area (Å²) in [6.45, 7) is 5.69. The van der Waals surface area contributed by atoms with Crippen molar-refractivity contribution in [2.75, 3.05) is 31.1 Å².